The normalized spacial score (nSPS) is 11.1. The minimum atomic E-state index is -1.15. The first-order valence-electron chi connectivity index (χ1n) is 7.22. The molecule has 8 nitrogen and oxygen atoms in total. The van der Waals surface area contributed by atoms with Gasteiger partial charge in [-0.1, -0.05) is 12.1 Å². The number of hydrogen-bond acceptors (Lipinski definition) is 7. The summed E-state index contributed by atoms with van der Waals surface area (Å²) in [6.45, 7) is 4.88. The number of aryl methyl sites for hydroxylation is 2. The summed E-state index contributed by atoms with van der Waals surface area (Å²) < 4.78 is 0. The van der Waals surface area contributed by atoms with Crippen LogP contribution in [0.1, 0.15) is 27.9 Å². The van der Waals surface area contributed by atoms with Gasteiger partial charge in [-0.15, -0.1) is 11.3 Å². The number of benzene rings is 1. The highest BCUT2D eigenvalue weighted by Crippen LogP contribution is 2.21. The Morgan fingerprint density at radius 2 is 1.88 bits per heavy atom. The highest BCUT2D eigenvalue weighted by molar-refractivity contribution is 7.16. The van der Waals surface area contributed by atoms with Gasteiger partial charge in [0.05, 0.1) is 16.9 Å². The second kappa shape index (κ2) is 7.67. The summed E-state index contributed by atoms with van der Waals surface area (Å²) in [6, 6.07) is 6.04. The monoisotopic (exact) mass is 360 g/mol. The van der Waals surface area contributed by atoms with E-state index in [2.05, 4.69) is 20.8 Å². The Balaban J connectivity index is 2.22. The maximum Gasteiger partial charge on any atom is 0.337 e. The minimum Gasteiger partial charge on any atom is -0.478 e. The first kappa shape index (κ1) is 18.3. The molecule has 0 radical (unpaired) electrons. The predicted octanol–water partition coefficient (Wildman–Crippen LogP) is 2.45. The summed E-state index contributed by atoms with van der Waals surface area (Å²) in [5, 5.41) is 15.8. The third-order valence-electron chi connectivity index (χ3n) is 3.24. The zero-order valence-corrected chi connectivity index (χ0v) is 14.6. The van der Waals surface area contributed by atoms with E-state index in [1.54, 1.807) is 12.1 Å². The number of ketones is 1. The van der Waals surface area contributed by atoms with Crippen LogP contribution in [0.15, 0.2) is 29.4 Å². The molecule has 0 fully saturated rings. The van der Waals surface area contributed by atoms with Crippen LogP contribution in [0.4, 0.5) is 10.8 Å². The fraction of sp³-hybridized carbons (Fsp3) is 0.188. The lowest BCUT2D eigenvalue weighted by molar-refractivity contribution is -0.114. The molecule has 0 spiro atoms. The summed E-state index contributed by atoms with van der Waals surface area (Å²) in [6.07, 6.45) is 0. The zero-order valence-electron chi connectivity index (χ0n) is 13.8. The minimum absolute atomic E-state index is 0.0271. The van der Waals surface area contributed by atoms with Gasteiger partial charge in [-0.2, -0.15) is 5.10 Å². The molecule has 1 amide bonds. The lowest BCUT2D eigenvalue weighted by Crippen LogP contribution is -2.29. The van der Waals surface area contributed by atoms with Gasteiger partial charge in [0.25, 0.3) is 5.91 Å². The molecular weight excluding hydrogens is 344 g/mol. The summed E-state index contributed by atoms with van der Waals surface area (Å²) in [7, 11) is 0. The highest BCUT2D eigenvalue weighted by atomic mass is 32.1. The van der Waals surface area contributed by atoms with Crippen molar-refractivity contribution in [3.63, 3.8) is 0 Å². The fourth-order valence-corrected chi connectivity index (χ4v) is 2.66. The lowest BCUT2D eigenvalue weighted by atomic mass is 10.2. The summed E-state index contributed by atoms with van der Waals surface area (Å²) >= 11 is 1.29. The third kappa shape index (κ3) is 4.48. The number of nitrogens with zero attached hydrogens (tertiary/aromatic N) is 2. The number of Topliss-reactive ketones (excluding diaryl/α,β-unsaturated/α-hetero) is 1. The largest absolute Gasteiger partial charge is 0.478 e. The third-order valence-corrected chi connectivity index (χ3v) is 4.23. The van der Waals surface area contributed by atoms with Gasteiger partial charge in [0.1, 0.15) is 0 Å². The topological polar surface area (TPSA) is 121 Å². The predicted molar refractivity (Wildman–Crippen MR) is 95.4 cm³/mol. The number of carbonyl (C=O) groups is 3. The van der Waals surface area contributed by atoms with E-state index in [0.29, 0.717) is 5.13 Å². The van der Waals surface area contributed by atoms with E-state index in [1.165, 1.54) is 30.4 Å². The van der Waals surface area contributed by atoms with Crippen LogP contribution in [0.3, 0.4) is 0 Å². The van der Waals surface area contributed by atoms with Crippen molar-refractivity contribution >= 4 is 45.5 Å². The van der Waals surface area contributed by atoms with Gasteiger partial charge >= 0.3 is 5.97 Å². The van der Waals surface area contributed by atoms with Crippen molar-refractivity contribution in [2.45, 2.75) is 20.8 Å². The molecule has 0 aliphatic carbocycles. The lowest BCUT2D eigenvalue weighted by Gasteiger charge is -2.07. The quantitative estimate of drug-likeness (QED) is 0.413. The van der Waals surface area contributed by atoms with Crippen molar-refractivity contribution in [3.8, 4) is 0 Å². The van der Waals surface area contributed by atoms with E-state index in [-0.39, 0.29) is 17.0 Å². The molecule has 0 bridgehead atoms. The molecule has 1 heterocycles. The van der Waals surface area contributed by atoms with Gasteiger partial charge in [0, 0.05) is 11.8 Å². The summed E-state index contributed by atoms with van der Waals surface area (Å²) in [5.74, 6) is -2.44. The molecule has 0 unspecified atom stereocenters. The van der Waals surface area contributed by atoms with E-state index in [1.807, 2.05) is 13.8 Å². The van der Waals surface area contributed by atoms with E-state index >= 15 is 0 Å². The number of carboxylic acid groups (broad SMARTS) is 1. The Kier molecular flexibility index (Phi) is 5.60. The SMILES string of the molecule is CC(=O)/C(=N\Nc1ccccc1C(=O)O)C(=O)Nc1nc(C)c(C)s1. The van der Waals surface area contributed by atoms with Gasteiger partial charge in [-0.05, 0) is 26.0 Å². The van der Waals surface area contributed by atoms with E-state index < -0.39 is 17.7 Å². The number of thiazole rings is 1. The number of rotatable bonds is 6. The van der Waals surface area contributed by atoms with Crippen LogP contribution in [0.2, 0.25) is 0 Å². The average Bonchev–Trinajstić information content (AvgIpc) is 2.85. The Morgan fingerprint density at radius 3 is 2.44 bits per heavy atom. The number of carboxylic acids is 1. The van der Waals surface area contributed by atoms with Crippen LogP contribution >= 0.6 is 11.3 Å². The molecule has 0 atom stereocenters. The number of aromatic nitrogens is 1. The number of anilines is 2. The number of amides is 1. The maximum atomic E-state index is 12.3. The van der Waals surface area contributed by atoms with Crippen molar-refractivity contribution in [2.75, 3.05) is 10.7 Å². The van der Waals surface area contributed by atoms with Gasteiger partial charge in [-0.25, -0.2) is 9.78 Å². The Labute approximate surface area is 147 Å². The van der Waals surface area contributed by atoms with Crippen LogP contribution in [-0.2, 0) is 9.59 Å². The molecule has 0 aliphatic rings. The van der Waals surface area contributed by atoms with E-state index in [0.717, 1.165) is 10.6 Å². The van der Waals surface area contributed by atoms with Gasteiger partial charge < -0.3 is 5.11 Å². The molecule has 2 aromatic rings. The van der Waals surface area contributed by atoms with Gasteiger partial charge in [0.2, 0.25) is 0 Å². The fourth-order valence-electron chi connectivity index (χ4n) is 1.86. The van der Waals surface area contributed by atoms with Crippen LogP contribution in [0, 0.1) is 13.8 Å². The summed E-state index contributed by atoms with van der Waals surface area (Å²) in [5.41, 5.74) is 3.01. The van der Waals surface area contributed by atoms with Crippen LogP contribution in [-0.4, -0.2) is 33.5 Å². The second-order valence-corrected chi connectivity index (χ2v) is 6.30. The number of nitrogens with one attached hydrogen (secondary N) is 2. The molecule has 2 rings (SSSR count). The van der Waals surface area contributed by atoms with Crippen molar-refractivity contribution in [1.29, 1.82) is 0 Å². The average molecular weight is 360 g/mol. The standard InChI is InChI=1S/C16H16N4O4S/c1-8-10(3)25-16(17-8)18-14(22)13(9(2)21)20-19-12-7-5-4-6-11(12)15(23)24/h4-7,19H,1-3H3,(H,23,24)(H,17,18,22)/b20-13+. The second-order valence-electron chi connectivity index (χ2n) is 5.09. The van der Waals surface area contributed by atoms with Crippen LogP contribution in [0.5, 0.6) is 0 Å². The van der Waals surface area contributed by atoms with Gasteiger partial charge in [0.15, 0.2) is 16.6 Å². The van der Waals surface area contributed by atoms with Crippen LogP contribution < -0.4 is 10.7 Å². The van der Waals surface area contributed by atoms with Crippen LogP contribution in [0.25, 0.3) is 0 Å². The molecule has 1 aromatic heterocycles. The Morgan fingerprint density at radius 1 is 1.20 bits per heavy atom. The van der Waals surface area contributed by atoms with Crippen molar-refractivity contribution in [1.82, 2.24) is 4.98 Å². The molecule has 0 saturated carbocycles. The molecule has 1 aromatic carbocycles. The van der Waals surface area contributed by atoms with Gasteiger partial charge in [-0.3, -0.25) is 20.3 Å². The highest BCUT2D eigenvalue weighted by Gasteiger charge is 2.19. The van der Waals surface area contributed by atoms with Crippen molar-refractivity contribution < 1.29 is 19.5 Å². The maximum absolute atomic E-state index is 12.3. The molecule has 0 saturated heterocycles. The molecule has 0 aliphatic heterocycles. The Hall–Kier alpha value is -3.07. The first-order chi connectivity index (χ1) is 11.8. The summed E-state index contributed by atoms with van der Waals surface area (Å²) in [4.78, 5) is 40.3. The smallest absolute Gasteiger partial charge is 0.337 e. The van der Waals surface area contributed by atoms with Crippen molar-refractivity contribution in [2.24, 2.45) is 5.10 Å². The molecule has 3 N–H and O–H groups in total. The Bertz CT molecular complexity index is 853. The van der Waals surface area contributed by atoms with Crippen molar-refractivity contribution in [3.05, 3.63) is 40.4 Å². The number of hydrazone groups is 1. The number of carbonyl (C=O) groups excluding carboxylic acids is 2. The number of hydrogen-bond donors (Lipinski definition) is 3. The molecular formula is C16H16N4O4S. The van der Waals surface area contributed by atoms with E-state index in [4.69, 9.17) is 5.11 Å². The molecule has 25 heavy (non-hydrogen) atoms. The first-order valence-corrected chi connectivity index (χ1v) is 8.03. The molecule has 130 valence electrons. The number of para-hydroxylation sites is 1. The zero-order chi connectivity index (χ0) is 18.6. The molecule has 9 heteroatoms. The number of aromatic carboxylic acids is 1. The van der Waals surface area contributed by atoms with E-state index in [9.17, 15) is 14.4 Å².